The number of nitrogen functional groups attached to an aromatic ring is 1. The Morgan fingerprint density at radius 2 is 1.88 bits per heavy atom. The summed E-state index contributed by atoms with van der Waals surface area (Å²) in [5.41, 5.74) is 8.76. The third-order valence-electron chi connectivity index (χ3n) is 2.35. The Labute approximate surface area is 104 Å². The van der Waals surface area contributed by atoms with Gasteiger partial charge in [0.15, 0.2) is 0 Å². The number of hydrogen-bond acceptors (Lipinski definition) is 2. The van der Waals surface area contributed by atoms with Crippen molar-refractivity contribution < 1.29 is 0 Å². The lowest BCUT2D eigenvalue weighted by atomic mass is 10.1. The summed E-state index contributed by atoms with van der Waals surface area (Å²) >= 11 is 12.1. The number of pyridine rings is 1. The Morgan fingerprint density at radius 1 is 1.12 bits per heavy atom. The van der Waals surface area contributed by atoms with E-state index in [9.17, 15) is 0 Å². The van der Waals surface area contributed by atoms with Gasteiger partial charge in [0.1, 0.15) is 0 Å². The SMILES string of the molecule is Cc1nc(-c2cccc(Cl)c2Cl)ccc1N. The second-order valence-corrected chi connectivity index (χ2v) is 4.26. The summed E-state index contributed by atoms with van der Waals surface area (Å²) in [7, 11) is 0. The third kappa shape index (κ3) is 1.99. The first-order valence-electron chi connectivity index (χ1n) is 4.77. The van der Waals surface area contributed by atoms with E-state index in [0.29, 0.717) is 15.7 Å². The molecule has 0 aliphatic carbocycles. The molecule has 0 atom stereocenters. The smallest absolute Gasteiger partial charge is 0.0722 e. The number of nitrogens with two attached hydrogens (primary N) is 1. The van der Waals surface area contributed by atoms with Gasteiger partial charge in [-0.1, -0.05) is 35.3 Å². The largest absolute Gasteiger partial charge is 0.397 e. The zero-order valence-corrected chi connectivity index (χ0v) is 10.2. The van der Waals surface area contributed by atoms with Gasteiger partial charge in [-0.25, -0.2) is 0 Å². The Balaban J connectivity index is 2.59. The van der Waals surface area contributed by atoms with Crippen LogP contribution in [0.5, 0.6) is 0 Å². The van der Waals surface area contributed by atoms with Crippen molar-refractivity contribution in [3.8, 4) is 11.3 Å². The molecule has 2 aromatic rings. The Morgan fingerprint density at radius 3 is 2.56 bits per heavy atom. The van der Waals surface area contributed by atoms with E-state index in [4.69, 9.17) is 28.9 Å². The summed E-state index contributed by atoms with van der Waals surface area (Å²) < 4.78 is 0. The molecule has 0 radical (unpaired) electrons. The Hall–Kier alpha value is -1.25. The van der Waals surface area contributed by atoms with E-state index in [0.717, 1.165) is 17.0 Å². The van der Waals surface area contributed by atoms with Gasteiger partial charge >= 0.3 is 0 Å². The van der Waals surface area contributed by atoms with Crippen LogP contribution in [0.15, 0.2) is 30.3 Å². The van der Waals surface area contributed by atoms with Crippen molar-refractivity contribution in [2.45, 2.75) is 6.92 Å². The average molecular weight is 253 g/mol. The lowest BCUT2D eigenvalue weighted by Gasteiger charge is -2.07. The molecular formula is C12H10Cl2N2. The van der Waals surface area contributed by atoms with Crippen molar-refractivity contribution in [2.24, 2.45) is 0 Å². The predicted octanol–water partition coefficient (Wildman–Crippen LogP) is 3.95. The molecule has 16 heavy (non-hydrogen) atoms. The Bertz CT molecular complexity index is 539. The van der Waals surface area contributed by atoms with Gasteiger partial charge in [-0.05, 0) is 25.1 Å². The molecule has 1 heterocycles. The molecule has 2 rings (SSSR count). The summed E-state index contributed by atoms with van der Waals surface area (Å²) in [5.74, 6) is 0. The maximum atomic E-state index is 6.12. The molecular weight excluding hydrogens is 243 g/mol. The summed E-state index contributed by atoms with van der Waals surface area (Å²) in [6.07, 6.45) is 0. The van der Waals surface area contributed by atoms with Crippen LogP contribution >= 0.6 is 23.2 Å². The minimum Gasteiger partial charge on any atom is -0.397 e. The molecule has 2 nitrogen and oxygen atoms in total. The minimum absolute atomic E-state index is 0.515. The highest BCUT2D eigenvalue weighted by atomic mass is 35.5. The third-order valence-corrected chi connectivity index (χ3v) is 3.17. The molecule has 0 saturated heterocycles. The standard InChI is InChI=1S/C12H10Cl2N2/c1-7-10(15)5-6-11(16-7)8-3-2-4-9(13)12(8)14/h2-6H,15H2,1H3. The first-order valence-corrected chi connectivity index (χ1v) is 5.52. The first-order chi connectivity index (χ1) is 7.59. The fraction of sp³-hybridized carbons (Fsp3) is 0.0833. The van der Waals surface area contributed by atoms with Crippen molar-refractivity contribution in [3.63, 3.8) is 0 Å². The predicted molar refractivity (Wildman–Crippen MR) is 68.8 cm³/mol. The van der Waals surface area contributed by atoms with Crippen LogP contribution < -0.4 is 5.73 Å². The lowest BCUT2D eigenvalue weighted by Crippen LogP contribution is -1.94. The van der Waals surface area contributed by atoms with Crippen LogP contribution in [0.4, 0.5) is 5.69 Å². The van der Waals surface area contributed by atoms with Crippen LogP contribution in [0.1, 0.15) is 5.69 Å². The second kappa shape index (κ2) is 4.32. The molecule has 0 spiro atoms. The van der Waals surface area contributed by atoms with Crippen LogP contribution in [0.2, 0.25) is 10.0 Å². The molecule has 0 saturated carbocycles. The topological polar surface area (TPSA) is 38.9 Å². The molecule has 0 amide bonds. The highest BCUT2D eigenvalue weighted by molar-refractivity contribution is 6.43. The fourth-order valence-electron chi connectivity index (χ4n) is 1.42. The van der Waals surface area contributed by atoms with E-state index in [1.165, 1.54) is 0 Å². The fourth-order valence-corrected chi connectivity index (χ4v) is 1.82. The van der Waals surface area contributed by atoms with Gasteiger partial charge in [0.05, 0.1) is 27.1 Å². The number of anilines is 1. The molecule has 0 unspecified atom stereocenters. The van der Waals surface area contributed by atoms with E-state index in [2.05, 4.69) is 4.98 Å². The maximum absolute atomic E-state index is 6.12. The van der Waals surface area contributed by atoms with E-state index in [-0.39, 0.29) is 0 Å². The number of aromatic nitrogens is 1. The number of aryl methyl sites for hydroxylation is 1. The van der Waals surface area contributed by atoms with Crippen LogP contribution in [0, 0.1) is 6.92 Å². The van der Waals surface area contributed by atoms with Crippen LogP contribution in [0.25, 0.3) is 11.3 Å². The zero-order chi connectivity index (χ0) is 11.7. The van der Waals surface area contributed by atoms with Crippen molar-refractivity contribution in [2.75, 3.05) is 5.73 Å². The van der Waals surface area contributed by atoms with E-state index >= 15 is 0 Å². The molecule has 1 aromatic carbocycles. The van der Waals surface area contributed by atoms with Crippen LogP contribution in [-0.2, 0) is 0 Å². The molecule has 1 aromatic heterocycles. The molecule has 2 N–H and O–H groups in total. The van der Waals surface area contributed by atoms with Gasteiger partial charge in [-0.15, -0.1) is 0 Å². The number of halogens is 2. The summed E-state index contributed by atoms with van der Waals surface area (Å²) in [6.45, 7) is 1.86. The number of rotatable bonds is 1. The highest BCUT2D eigenvalue weighted by Gasteiger charge is 2.08. The minimum atomic E-state index is 0.515. The van der Waals surface area contributed by atoms with Crippen molar-refractivity contribution in [3.05, 3.63) is 46.1 Å². The molecule has 4 heteroatoms. The number of hydrogen-bond donors (Lipinski definition) is 1. The Kier molecular flexibility index (Phi) is 3.03. The van der Waals surface area contributed by atoms with Gasteiger partial charge in [0.25, 0.3) is 0 Å². The highest BCUT2D eigenvalue weighted by Crippen LogP contribution is 2.32. The first kappa shape index (κ1) is 11.2. The molecule has 0 bridgehead atoms. The summed E-state index contributed by atoms with van der Waals surface area (Å²) in [4.78, 5) is 4.38. The normalized spacial score (nSPS) is 10.4. The van der Waals surface area contributed by atoms with E-state index in [1.807, 2.05) is 31.2 Å². The van der Waals surface area contributed by atoms with E-state index in [1.54, 1.807) is 6.07 Å². The van der Waals surface area contributed by atoms with Gasteiger partial charge in [-0.3, -0.25) is 4.98 Å². The molecule has 0 aliphatic heterocycles. The average Bonchev–Trinajstić information content (AvgIpc) is 2.26. The van der Waals surface area contributed by atoms with Crippen LogP contribution in [0.3, 0.4) is 0 Å². The second-order valence-electron chi connectivity index (χ2n) is 3.47. The van der Waals surface area contributed by atoms with Crippen molar-refractivity contribution >= 4 is 28.9 Å². The molecule has 82 valence electrons. The van der Waals surface area contributed by atoms with Gasteiger partial charge in [0.2, 0.25) is 0 Å². The van der Waals surface area contributed by atoms with Gasteiger partial charge < -0.3 is 5.73 Å². The van der Waals surface area contributed by atoms with Crippen molar-refractivity contribution in [1.29, 1.82) is 0 Å². The number of nitrogens with zero attached hydrogens (tertiary/aromatic N) is 1. The van der Waals surface area contributed by atoms with Crippen LogP contribution in [-0.4, -0.2) is 4.98 Å². The lowest BCUT2D eigenvalue weighted by molar-refractivity contribution is 1.21. The van der Waals surface area contributed by atoms with Crippen molar-refractivity contribution in [1.82, 2.24) is 4.98 Å². The van der Waals surface area contributed by atoms with E-state index < -0.39 is 0 Å². The summed E-state index contributed by atoms with van der Waals surface area (Å²) in [5, 5.41) is 1.04. The van der Waals surface area contributed by atoms with Gasteiger partial charge in [0, 0.05) is 5.56 Å². The molecule has 0 fully saturated rings. The maximum Gasteiger partial charge on any atom is 0.0722 e. The van der Waals surface area contributed by atoms with Gasteiger partial charge in [-0.2, -0.15) is 0 Å². The zero-order valence-electron chi connectivity index (χ0n) is 8.67. The summed E-state index contributed by atoms with van der Waals surface area (Å²) in [6, 6.07) is 9.12. The quantitative estimate of drug-likeness (QED) is 0.835. The molecule has 0 aliphatic rings. The number of benzene rings is 1. The monoisotopic (exact) mass is 252 g/mol.